The molecule has 1 aromatic carbocycles. The number of amides is 1. The Hall–Kier alpha value is -2.47. The minimum Gasteiger partial charge on any atom is -0.340 e. The second kappa shape index (κ2) is 6.11. The third kappa shape index (κ3) is 2.92. The molecule has 2 aromatic heterocycles. The van der Waals surface area contributed by atoms with E-state index in [1.807, 2.05) is 49.6 Å². The number of rotatable bonds is 4. The van der Waals surface area contributed by atoms with Crippen LogP contribution in [0, 0.1) is 6.92 Å². The van der Waals surface area contributed by atoms with Gasteiger partial charge in [0.2, 0.25) is 11.7 Å². The number of nitrogens with zero attached hydrogens (tertiary/aromatic N) is 2. The summed E-state index contributed by atoms with van der Waals surface area (Å²) in [6.07, 6.45) is 0. The number of aryl methyl sites for hydroxylation is 1. The van der Waals surface area contributed by atoms with Gasteiger partial charge in [0, 0.05) is 5.56 Å². The van der Waals surface area contributed by atoms with E-state index in [2.05, 4.69) is 15.5 Å². The van der Waals surface area contributed by atoms with Gasteiger partial charge in [-0.1, -0.05) is 35.5 Å². The van der Waals surface area contributed by atoms with E-state index in [1.165, 1.54) is 11.3 Å². The lowest BCUT2D eigenvalue weighted by Gasteiger charge is -2.08. The molecule has 0 spiro atoms. The molecule has 0 saturated carbocycles. The Labute approximate surface area is 132 Å². The van der Waals surface area contributed by atoms with Gasteiger partial charge in [0.1, 0.15) is 6.04 Å². The summed E-state index contributed by atoms with van der Waals surface area (Å²) < 4.78 is 5.28. The number of aromatic nitrogens is 2. The molecular weight excluding hydrogens is 298 g/mol. The van der Waals surface area contributed by atoms with Gasteiger partial charge in [0.25, 0.3) is 5.91 Å². The molecule has 5 nitrogen and oxygen atoms in total. The number of hydrogen-bond acceptors (Lipinski definition) is 5. The smallest absolute Gasteiger partial charge is 0.261 e. The van der Waals surface area contributed by atoms with Crippen molar-refractivity contribution in [3.63, 3.8) is 0 Å². The highest BCUT2D eigenvalue weighted by Gasteiger charge is 2.19. The van der Waals surface area contributed by atoms with Crippen LogP contribution < -0.4 is 5.32 Å². The lowest BCUT2D eigenvalue weighted by molar-refractivity contribution is 0.0936. The van der Waals surface area contributed by atoms with E-state index in [4.69, 9.17) is 4.52 Å². The Bertz CT molecular complexity index is 780. The van der Waals surface area contributed by atoms with E-state index in [9.17, 15) is 4.79 Å². The van der Waals surface area contributed by atoms with Gasteiger partial charge in [-0.2, -0.15) is 4.98 Å². The summed E-state index contributed by atoms with van der Waals surface area (Å²) in [4.78, 5) is 17.1. The van der Waals surface area contributed by atoms with Crippen molar-refractivity contribution in [1.29, 1.82) is 0 Å². The molecule has 0 fully saturated rings. The molecule has 0 aliphatic carbocycles. The van der Waals surface area contributed by atoms with Crippen LogP contribution in [0.15, 0.2) is 46.3 Å². The zero-order chi connectivity index (χ0) is 15.5. The SMILES string of the molecule is Cc1ccccc1-c1noc([C@@H](C)NC(=O)c2cccs2)n1. The van der Waals surface area contributed by atoms with Crippen molar-refractivity contribution >= 4 is 17.2 Å². The molecule has 112 valence electrons. The number of carbonyl (C=O) groups is 1. The largest absolute Gasteiger partial charge is 0.340 e. The molecule has 2 heterocycles. The molecular formula is C16H15N3O2S. The van der Waals surface area contributed by atoms with Crippen LogP contribution in [0.2, 0.25) is 0 Å². The van der Waals surface area contributed by atoms with Gasteiger partial charge in [0.05, 0.1) is 4.88 Å². The summed E-state index contributed by atoms with van der Waals surface area (Å²) in [5.74, 6) is 0.784. The zero-order valence-corrected chi connectivity index (χ0v) is 13.1. The Morgan fingerprint density at radius 3 is 2.82 bits per heavy atom. The highest BCUT2D eigenvalue weighted by molar-refractivity contribution is 7.12. The van der Waals surface area contributed by atoms with Crippen molar-refractivity contribution in [2.24, 2.45) is 0 Å². The molecule has 3 rings (SSSR count). The van der Waals surface area contributed by atoms with E-state index >= 15 is 0 Å². The van der Waals surface area contributed by atoms with Crippen LogP contribution in [0.1, 0.15) is 34.1 Å². The highest BCUT2D eigenvalue weighted by atomic mass is 32.1. The molecule has 1 atom stereocenters. The van der Waals surface area contributed by atoms with Gasteiger partial charge in [-0.05, 0) is 30.9 Å². The number of thiophene rings is 1. The summed E-state index contributed by atoms with van der Waals surface area (Å²) in [7, 11) is 0. The molecule has 22 heavy (non-hydrogen) atoms. The molecule has 0 aliphatic heterocycles. The standard InChI is InChI=1S/C16H15N3O2S/c1-10-6-3-4-7-12(10)14-18-16(21-19-14)11(2)17-15(20)13-8-5-9-22-13/h3-9,11H,1-2H3,(H,17,20)/t11-/m1/s1. The Morgan fingerprint density at radius 2 is 2.09 bits per heavy atom. The molecule has 0 saturated heterocycles. The summed E-state index contributed by atoms with van der Waals surface area (Å²) in [6, 6.07) is 11.1. The van der Waals surface area contributed by atoms with Crippen molar-refractivity contribution in [3.8, 4) is 11.4 Å². The van der Waals surface area contributed by atoms with Crippen LogP contribution in [0.3, 0.4) is 0 Å². The predicted molar refractivity (Wildman–Crippen MR) is 84.7 cm³/mol. The zero-order valence-electron chi connectivity index (χ0n) is 12.2. The molecule has 1 N–H and O–H groups in total. The van der Waals surface area contributed by atoms with Crippen molar-refractivity contribution < 1.29 is 9.32 Å². The quantitative estimate of drug-likeness (QED) is 0.799. The highest BCUT2D eigenvalue weighted by Crippen LogP contribution is 2.22. The maximum Gasteiger partial charge on any atom is 0.261 e. The van der Waals surface area contributed by atoms with Gasteiger partial charge in [-0.25, -0.2) is 0 Å². The van der Waals surface area contributed by atoms with Crippen molar-refractivity contribution in [2.45, 2.75) is 19.9 Å². The number of benzene rings is 1. The first-order valence-electron chi connectivity index (χ1n) is 6.89. The summed E-state index contributed by atoms with van der Waals surface area (Å²) in [5.41, 5.74) is 2.00. The van der Waals surface area contributed by atoms with Gasteiger partial charge in [-0.15, -0.1) is 11.3 Å². The monoisotopic (exact) mass is 313 g/mol. The Balaban J connectivity index is 1.76. The fourth-order valence-electron chi connectivity index (χ4n) is 2.08. The summed E-state index contributed by atoms with van der Waals surface area (Å²) in [6.45, 7) is 3.81. The molecule has 0 radical (unpaired) electrons. The van der Waals surface area contributed by atoms with Crippen molar-refractivity contribution in [1.82, 2.24) is 15.5 Å². The predicted octanol–water partition coefficient (Wildman–Crippen LogP) is 3.60. The Morgan fingerprint density at radius 1 is 1.27 bits per heavy atom. The van der Waals surface area contributed by atoms with Gasteiger partial charge >= 0.3 is 0 Å². The molecule has 0 bridgehead atoms. The second-order valence-electron chi connectivity index (χ2n) is 4.94. The van der Waals surface area contributed by atoms with Crippen LogP contribution in [0.25, 0.3) is 11.4 Å². The molecule has 1 amide bonds. The van der Waals surface area contributed by atoms with Crippen LogP contribution in [0.5, 0.6) is 0 Å². The van der Waals surface area contributed by atoms with E-state index < -0.39 is 0 Å². The van der Waals surface area contributed by atoms with Crippen molar-refractivity contribution in [3.05, 3.63) is 58.1 Å². The first-order valence-corrected chi connectivity index (χ1v) is 7.77. The van der Waals surface area contributed by atoms with E-state index in [0.717, 1.165) is 11.1 Å². The molecule has 6 heteroatoms. The number of hydrogen-bond donors (Lipinski definition) is 1. The minimum absolute atomic E-state index is 0.141. The van der Waals surface area contributed by atoms with Gasteiger partial charge in [0.15, 0.2) is 0 Å². The normalized spacial score (nSPS) is 12.1. The lowest BCUT2D eigenvalue weighted by Crippen LogP contribution is -2.26. The van der Waals surface area contributed by atoms with Crippen LogP contribution in [-0.2, 0) is 0 Å². The van der Waals surface area contributed by atoms with Crippen LogP contribution in [-0.4, -0.2) is 16.0 Å². The maximum absolute atomic E-state index is 12.0. The maximum atomic E-state index is 12.0. The van der Waals surface area contributed by atoms with E-state index in [0.29, 0.717) is 16.6 Å². The fraction of sp³-hybridized carbons (Fsp3) is 0.188. The minimum atomic E-state index is -0.347. The molecule has 0 unspecified atom stereocenters. The van der Waals surface area contributed by atoms with E-state index in [-0.39, 0.29) is 11.9 Å². The van der Waals surface area contributed by atoms with E-state index in [1.54, 1.807) is 6.07 Å². The summed E-state index contributed by atoms with van der Waals surface area (Å²) >= 11 is 1.39. The lowest BCUT2D eigenvalue weighted by atomic mass is 10.1. The Kier molecular flexibility index (Phi) is 4.02. The third-order valence-corrected chi connectivity index (χ3v) is 4.16. The van der Waals surface area contributed by atoms with Crippen LogP contribution >= 0.6 is 11.3 Å². The summed E-state index contributed by atoms with van der Waals surface area (Å²) in [5, 5.41) is 8.72. The third-order valence-electron chi connectivity index (χ3n) is 3.29. The number of carbonyl (C=O) groups excluding carboxylic acids is 1. The first kappa shape index (κ1) is 14.5. The topological polar surface area (TPSA) is 68.0 Å². The average molecular weight is 313 g/mol. The molecule has 3 aromatic rings. The molecule has 0 aliphatic rings. The fourth-order valence-corrected chi connectivity index (χ4v) is 2.71. The number of nitrogens with one attached hydrogen (secondary N) is 1. The first-order chi connectivity index (χ1) is 10.6. The average Bonchev–Trinajstić information content (AvgIpc) is 3.19. The van der Waals surface area contributed by atoms with Crippen molar-refractivity contribution in [2.75, 3.05) is 0 Å². The second-order valence-corrected chi connectivity index (χ2v) is 5.89. The van der Waals surface area contributed by atoms with Crippen LogP contribution in [0.4, 0.5) is 0 Å². The van der Waals surface area contributed by atoms with Gasteiger partial charge < -0.3 is 9.84 Å². The van der Waals surface area contributed by atoms with Gasteiger partial charge in [-0.3, -0.25) is 4.79 Å².